The van der Waals surface area contributed by atoms with Gasteiger partial charge in [-0.3, -0.25) is 23.6 Å². The molecule has 1 aromatic carbocycles. The van der Waals surface area contributed by atoms with Gasteiger partial charge in [-0.15, -0.1) is 0 Å². The van der Waals surface area contributed by atoms with Crippen LogP contribution < -0.4 is 21.9 Å². The number of hydrogen-bond acceptors (Lipinski definition) is 6. The fraction of sp³-hybridized carbons (Fsp3) is 0.450. The summed E-state index contributed by atoms with van der Waals surface area (Å²) in [6.45, 7) is 4.49. The standard InChI is InChI=1S/C20H26FN5O3/c1-13(17(27)16-18(22)23(2)20(29)24(3)19(16)28)25-9-4-10-26(12-11-25)15-7-5-14(21)6-8-15/h5-8,13H,4,9-12,22H2,1-3H3. The van der Waals surface area contributed by atoms with Crippen molar-refractivity contribution in [1.29, 1.82) is 0 Å². The summed E-state index contributed by atoms with van der Waals surface area (Å²) in [6.07, 6.45) is 0.815. The van der Waals surface area contributed by atoms with Crippen LogP contribution in [0.5, 0.6) is 0 Å². The topological polar surface area (TPSA) is 93.6 Å². The second kappa shape index (κ2) is 8.20. The van der Waals surface area contributed by atoms with Crippen molar-refractivity contribution in [2.45, 2.75) is 19.4 Å². The van der Waals surface area contributed by atoms with Gasteiger partial charge in [0.2, 0.25) is 0 Å². The first kappa shape index (κ1) is 20.8. The number of carbonyl (C=O) groups excluding carboxylic acids is 1. The first-order chi connectivity index (χ1) is 13.7. The van der Waals surface area contributed by atoms with Gasteiger partial charge in [-0.05, 0) is 37.6 Å². The molecular weight excluding hydrogens is 377 g/mol. The molecule has 1 atom stereocenters. The molecule has 0 saturated carbocycles. The number of rotatable bonds is 4. The Morgan fingerprint density at radius 1 is 1.03 bits per heavy atom. The summed E-state index contributed by atoms with van der Waals surface area (Å²) in [4.78, 5) is 41.8. The van der Waals surface area contributed by atoms with Crippen molar-refractivity contribution >= 4 is 17.3 Å². The zero-order chi connectivity index (χ0) is 21.3. The minimum Gasteiger partial charge on any atom is -0.384 e. The fourth-order valence-corrected chi connectivity index (χ4v) is 3.70. The molecule has 1 fully saturated rings. The number of hydrogen-bond donors (Lipinski definition) is 1. The largest absolute Gasteiger partial charge is 0.384 e. The van der Waals surface area contributed by atoms with E-state index in [1.54, 1.807) is 19.1 Å². The second-order valence-electron chi connectivity index (χ2n) is 7.36. The molecule has 1 aliphatic rings. The summed E-state index contributed by atoms with van der Waals surface area (Å²) < 4.78 is 15.2. The van der Waals surface area contributed by atoms with Gasteiger partial charge in [-0.1, -0.05) is 0 Å². The minimum atomic E-state index is -0.676. The average molecular weight is 403 g/mol. The summed E-state index contributed by atoms with van der Waals surface area (Å²) in [5.74, 6) is -0.785. The van der Waals surface area contributed by atoms with E-state index in [1.165, 1.54) is 26.2 Å². The normalized spacial score (nSPS) is 16.5. The van der Waals surface area contributed by atoms with Crippen LogP contribution in [0.4, 0.5) is 15.9 Å². The SMILES string of the molecule is CC(C(=O)c1c(N)n(C)c(=O)n(C)c1=O)N1CCCN(c2ccc(F)cc2)CC1. The molecule has 1 aromatic heterocycles. The van der Waals surface area contributed by atoms with Crippen LogP contribution in [0, 0.1) is 5.82 Å². The highest BCUT2D eigenvalue weighted by Gasteiger charge is 2.29. The molecule has 2 heterocycles. The quantitative estimate of drug-likeness (QED) is 0.751. The molecule has 1 unspecified atom stereocenters. The van der Waals surface area contributed by atoms with E-state index in [2.05, 4.69) is 4.90 Å². The fourth-order valence-electron chi connectivity index (χ4n) is 3.70. The van der Waals surface area contributed by atoms with Crippen molar-refractivity contribution in [3.05, 3.63) is 56.5 Å². The van der Waals surface area contributed by atoms with Crippen LogP contribution in [-0.2, 0) is 14.1 Å². The first-order valence-corrected chi connectivity index (χ1v) is 9.56. The molecule has 2 aromatic rings. The second-order valence-corrected chi connectivity index (χ2v) is 7.36. The number of nitrogens with zero attached hydrogens (tertiary/aromatic N) is 4. The van der Waals surface area contributed by atoms with E-state index in [1.807, 2.05) is 4.90 Å². The van der Waals surface area contributed by atoms with Crippen molar-refractivity contribution in [3.63, 3.8) is 0 Å². The number of nitrogens with two attached hydrogens (primary N) is 1. The summed E-state index contributed by atoms with van der Waals surface area (Å²) in [5.41, 5.74) is 5.47. The highest BCUT2D eigenvalue weighted by atomic mass is 19.1. The summed E-state index contributed by atoms with van der Waals surface area (Å²) >= 11 is 0. The van der Waals surface area contributed by atoms with Gasteiger partial charge in [0.15, 0.2) is 5.78 Å². The zero-order valence-electron chi connectivity index (χ0n) is 16.9. The van der Waals surface area contributed by atoms with Gasteiger partial charge in [-0.2, -0.15) is 0 Å². The Balaban J connectivity index is 1.80. The monoisotopic (exact) mass is 403 g/mol. The Hall–Kier alpha value is -2.94. The maximum atomic E-state index is 13.2. The van der Waals surface area contributed by atoms with Gasteiger partial charge >= 0.3 is 5.69 Å². The zero-order valence-corrected chi connectivity index (χ0v) is 16.9. The summed E-state index contributed by atoms with van der Waals surface area (Å²) in [5, 5.41) is 0. The lowest BCUT2D eigenvalue weighted by Gasteiger charge is -2.27. The van der Waals surface area contributed by atoms with E-state index in [0.29, 0.717) is 19.6 Å². The van der Waals surface area contributed by atoms with Gasteiger partial charge < -0.3 is 10.6 Å². The van der Waals surface area contributed by atoms with Crippen molar-refractivity contribution in [1.82, 2.24) is 14.0 Å². The smallest absolute Gasteiger partial charge is 0.332 e. The van der Waals surface area contributed by atoms with Gasteiger partial charge in [0.1, 0.15) is 17.2 Å². The predicted octanol–water partition coefficient (Wildman–Crippen LogP) is 0.589. The van der Waals surface area contributed by atoms with Crippen molar-refractivity contribution < 1.29 is 9.18 Å². The third kappa shape index (κ3) is 3.95. The Bertz CT molecular complexity index is 1030. The number of halogens is 1. The van der Waals surface area contributed by atoms with Crippen LogP contribution in [-0.4, -0.2) is 52.0 Å². The number of Topliss-reactive ketones (excluding diaryl/α,β-unsaturated/α-hetero) is 1. The average Bonchev–Trinajstić information content (AvgIpc) is 2.97. The number of nitrogen functional groups attached to an aromatic ring is 1. The van der Waals surface area contributed by atoms with Crippen LogP contribution >= 0.6 is 0 Å². The van der Waals surface area contributed by atoms with Gasteiger partial charge in [0.05, 0.1) is 6.04 Å². The van der Waals surface area contributed by atoms with Crippen molar-refractivity contribution in [2.75, 3.05) is 36.8 Å². The Morgan fingerprint density at radius 2 is 1.69 bits per heavy atom. The van der Waals surface area contributed by atoms with Gasteiger partial charge in [0.25, 0.3) is 5.56 Å². The van der Waals surface area contributed by atoms with E-state index < -0.39 is 23.1 Å². The lowest BCUT2D eigenvalue weighted by Crippen LogP contribution is -2.47. The molecule has 9 heteroatoms. The van der Waals surface area contributed by atoms with E-state index in [9.17, 15) is 18.8 Å². The lowest BCUT2D eigenvalue weighted by atomic mass is 10.1. The van der Waals surface area contributed by atoms with Crippen molar-refractivity contribution in [3.8, 4) is 0 Å². The van der Waals surface area contributed by atoms with Crippen LogP contribution in [0.15, 0.2) is 33.9 Å². The molecular formula is C20H26FN5O3. The Morgan fingerprint density at radius 3 is 2.34 bits per heavy atom. The molecule has 0 bridgehead atoms. The Labute approximate surface area is 168 Å². The molecule has 0 spiro atoms. The molecule has 1 aliphatic heterocycles. The molecule has 156 valence electrons. The number of benzene rings is 1. The number of ketones is 1. The predicted molar refractivity (Wildman–Crippen MR) is 110 cm³/mol. The maximum Gasteiger partial charge on any atom is 0.332 e. The molecule has 0 aliphatic carbocycles. The van der Waals surface area contributed by atoms with Crippen LogP contribution in [0.3, 0.4) is 0 Å². The van der Waals surface area contributed by atoms with Gasteiger partial charge in [-0.25, -0.2) is 9.18 Å². The molecule has 29 heavy (non-hydrogen) atoms. The minimum absolute atomic E-state index is 0.113. The van der Waals surface area contributed by atoms with Gasteiger partial charge in [0, 0.05) is 46.0 Å². The lowest BCUT2D eigenvalue weighted by molar-refractivity contribution is 0.0845. The number of carbonyl (C=O) groups is 1. The molecule has 8 nitrogen and oxygen atoms in total. The summed E-state index contributed by atoms with van der Waals surface area (Å²) in [7, 11) is 2.77. The van der Waals surface area contributed by atoms with Crippen molar-refractivity contribution in [2.24, 2.45) is 14.1 Å². The number of aromatic nitrogens is 2. The van der Waals surface area contributed by atoms with Crippen LogP contribution in [0.2, 0.25) is 0 Å². The highest BCUT2D eigenvalue weighted by molar-refractivity contribution is 6.03. The highest BCUT2D eigenvalue weighted by Crippen LogP contribution is 2.19. The molecule has 1 saturated heterocycles. The van der Waals surface area contributed by atoms with E-state index in [-0.39, 0.29) is 17.2 Å². The molecule has 2 N–H and O–H groups in total. The molecule has 3 rings (SSSR count). The van der Waals surface area contributed by atoms with Crippen LogP contribution in [0.1, 0.15) is 23.7 Å². The van der Waals surface area contributed by atoms with E-state index >= 15 is 0 Å². The molecule has 0 radical (unpaired) electrons. The third-order valence-corrected chi connectivity index (χ3v) is 5.61. The van der Waals surface area contributed by atoms with E-state index in [0.717, 1.165) is 27.8 Å². The van der Waals surface area contributed by atoms with E-state index in [4.69, 9.17) is 5.73 Å². The third-order valence-electron chi connectivity index (χ3n) is 5.61. The number of anilines is 2. The van der Waals surface area contributed by atoms with Crippen LogP contribution in [0.25, 0.3) is 0 Å². The Kier molecular flexibility index (Phi) is 5.88. The first-order valence-electron chi connectivity index (χ1n) is 9.56. The maximum absolute atomic E-state index is 13.2. The molecule has 0 amide bonds. The summed E-state index contributed by atoms with van der Waals surface area (Å²) in [6, 6.07) is 5.80.